The molecule has 0 bridgehead atoms. The molecular formula is C16H24BrNO. The van der Waals surface area contributed by atoms with Crippen LogP contribution >= 0.6 is 15.9 Å². The summed E-state index contributed by atoms with van der Waals surface area (Å²) in [6.07, 6.45) is 4.30. The Labute approximate surface area is 124 Å². The van der Waals surface area contributed by atoms with Crippen LogP contribution in [0.25, 0.3) is 0 Å². The highest BCUT2D eigenvalue weighted by Crippen LogP contribution is 2.36. The van der Waals surface area contributed by atoms with E-state index in [9.17, 15) is 0 Å². The van der Waals surface area contributed by atoms with E-state index < -0.39 is 0 Å². The van der Waals surface area contributed by atoms with Crippen LogP contribution in [0.4, 0.5) is 0 Å². The minimum absolute atomic E-state index is 0.248. The molecule has 0 aromatic heterocycles. The number of hydrogen-bond acceptors (Lipinski definition) is 2. The van der Waals surface area contributed by atoms with Crippen LogP contribution in [0.5, 0.6) is 0 Å². The summed E-state index contributed by atoms with van der Waals surface area (Å²) in [6, 6.07) is 6.98. The number of hydrogen-bond donors (Lipinski definition) is 2. The van der Waals surface area contributed by atoms with E-state index in [0.717, 1.165) is 25.8 Å². The second-order valence-corrected chi connectivity index (χ2v) is 7.13. The van der Waals surface area contributed by atoms with Crippen molar-refractivity contribution in [3.63, 3.8) is 0 Å². The molecule has 0 heterocycles. The maximum atomic E-state index is 8.94. The van der Waals surface area contributed by atoms with Crippen molar-refractivity contribution in [3.8, 4) is 0 Å². The summed E-state index contributed by atoms with van der Waals surface area (Å²) in [4.78, 5) is 0. The largest absolute Gasteiger partial charge is 0.396 e. The van der Waals surface area contributed by atoms with E-state index in [4.69, 9.17) is 5.11 Å². The van der Waals surface area contributed by atoms with Gasteiger partial charge in [0.1, 0.15) is 0 Å². The second-order valence-electron chi connectivity index (χ2n) is 6.27. The smallest absolute Gasteiger partial charge is 0.0431 e. The minimum atomic E-state index is 0.248. The van der Waals surface area contributed by atoms with Crippen molar-refractivity contribution in [2.45, 2.75) is 45.6 Å². The van der Waals surface area contributed by atoms with Gasteiger partial charge >= 0.3 is 0 Å². The van der Waals surface area contributed by atoms with Gasteiger partial charge in [-0.05, 0) is 48.3 Å². The van der Waals surface area contributed by atoms with Gasteiger partial charge in [-0.15, -0.1) is 0 Å². The molecule has 2 nitrogen and oxygen atoms in total. The molecule has 3 heteroatoms. The molecule has 106 valence electrons. The van der Waals surface area contributed by atoms with Crippen molar-refractivity contribution >= 4 is 15.9 Å². The van der Waals surface area contributed by atoms with Crippen molar-refractivity contribution < 1.29 is 5.11 Å². The lowest BCUT2D eigenvalue weighted by atomic mass is 9.87. The molecule has 2 N–H and O–H groups in total. The Morgan fingerprint density at radius 3 is 2.95 bits per heavy atom. The molecule has 1 unspecified atom stereocenters. The molecule has 0 aliphatic heterocycles. The number of fused-ring (bicyclic) bond motifs is 1. The SMILES string of the molecule is CC(C)(CCCO)CNC1CCc2c(Br)cccc21. The molecule has 2 rings (SSSR count). The number of nitrogens with one attached hydrogen (secondary N) is 1. The highest BCUT2D eigenvalue weighted by molar-refractivity contribution is 9.10. The Kier molecular flexibility index (Phi) is 5.04. The first-order chi connectivity index (χ1) is 9.03. The van der Waals surface area contributed by atoms with Crippen molar-refractivity contribution in [2.75, 3.05) is 13.2 Å². The second kappa shape index (κ2) is 6.38. The molecule has 0 spiro atoms. The zero-order valence-electron chi connectivity index (χ0n) is 11.9. The van der Waals surface area contributed by atoms with Gasteiger partial charge in [0.15, 0.2) is 0 Å². The molecule has 1 atom stereocenters. The fourth-order valence-corrected chi connectivity index (χ4v) is 3.45. The Morgan fingerprint density at radius 2 is 2.21 bits per heavy atom. The van der Waals surface area contributed by atoms with Gasteiger partial charge in [0.2, 0.25) is 0 Å². The fraction of sp³-hybridized carbons (Fsp3) is 0.625. The van der Waals surface area contributed by atoms with E-state index in [-0.39, 0.29) is 5.41 Å². The van der Waals surface area contributed by atoms with Crippen LogP contribution in [0.3, 0.4) is 0 Å². The molecule has 1 aromatic carbocycles. The van der Waals surface area contributed by atoms with E-state index >= 15 is 0 Å². The number of halogens is 1. The van der Waals surface area contributed by atoms with Gasteiger partial charge in [-0.2, -0.15) is 0 Å². The summed E-state index contributed by atoms with van der Waals surface area (Å²) in [5, 5.41) is 12.7. The molecule has 1 aromatic rings. The van der Waals surface area contributed by atoms with Gasteiger partial charge in [0, 0.05) is 23.7 Å². The van der Waals surface area contributed by atoms with Crippen LogP contribution in [0.1, 0.15) is 50.3 Å². The molecule has 1 aliphatic carbocycles. The highest BCUT2D eigenvalue weighted by atomic mass is 79.9. The summed E-state index contributed by atoms with van der Waals surface area (Å²) in [7, 11) is 0. The Balaban J connectivity index is 1.94. The van der Waals surface area contributed by atoms with Crippen molar-refractivity contribution in [1.29, 1.82) is 0 Å². The van der Waals surface area contributed by atoms with Crippen LogP contribution in [0.15, 0.2) is 22.7 Å². The van der Waals surface area contributed by atoms with Gasteiger partial charge in [-0.25, -0.2) is 0 Å². The molecule has 0 radical (unpaired) electrons. The summed E-state index contributed by atoms with van der Waals surface area (Å²) in [6.45, 7) is 5.84. The topological polar surface area (TPSA) is 32.3 Å². The first-order valence-electron chi connectivity index (χ1n) is 7.15. The average molecular weight is 326 g/mol. The number of aliphatic hydroxyl groups is 1. The van der Waals surface area contributed by atoms with Gasteiger partial charge in [0.05, 0.1) is 0 Å². The molecular weight excluding hydrogens is 302 g/mol. The zero-order valence-corrected chi connectivity index (χ0v) is 13.5. The van der Waals surface area contributed by atoms with Gasteiger partial charge in [-0.1, -0.05) is 41.9 Å². The highest BCUT2D eigenvalue weighted by Gasteiger charge is 2.26. The third kappa shape index (κ3) is 3.80. The number of rotatable bonds is 6. The maximum absolute atomic E-state index is 8.94. The third-order valence-corrected chi connectivity index (χ3v) is 4.80. The van der Waals surface area contributed by atoms with Crippen molar-refractivity contribution in [3.05, 3.63) is 33.8 Å². The summed E-state index contributed by atoms with van der Waals surface area (Å²) in [5.41, 5.74) is 3.16. The van der Waals surface area contributed by atoms with Crippen LogP contribution < -0.4 is 5.32 Å². The first-order valence-corrected chi connectivity index (χ1v) is 7.94. The quantitative estimate of drug-likeness (QED) is 0.833. The Morgan fingerprint density at radius 1 is 1.42 bits per heavy atom. The number of benzene rings is 1. The summed E-state index contributed by atoms with van der Waals surface area (Å²) in [5.74, 6) is 0. The molecule has 1 aliphatic rings. The molecule has 0 fully saturated rings. The standard InChI is InChI=1S/C16H24BrNO/c1-16(2,9-4-10-19)11-18-15-8-7-12-13(15)5-3-6-14(12)17/h3,5-6,15,18-19H,4,7-11H2,1-2H3. The first kappa shape index (κ1) is 15.0. The predicted octanol–water partition coefficient (Wildman–Crippen LogP) is 3.82. The van der Waals surface area contributed by atoms with Crippen molar-refractivity contribution in [2.24, 2.45) is 5.41 Å². The average Bonchev–Trinajstić information content (AvgIpc) is 2.79. The Hall–Kier alpha value is -0.380. The van der Waals surface area contributed by atoms with E-state index in [1.165, 1.54) is 22.0 Å². The minimum Gasteiger partial charge on any atom is -0.396 e. The normalized spacial score (nSPS) is 18.6. The van der Waals surface area contributed by atoms with E-state index in [1.807, 2.05) is 0 Å². The van der Waals surface area contributed by atoms with Crippen LogP contribution in [0, 0.1) is 5.41 Å². The summed E-state index contributed by atoms with van der Waals surface area (Å²) < 4.78 is 1.24. The van der Waals surface area contributed by atoms with E-state index in [0.29, 0.717) is 12.6 Å². The van der Waals surface area contributed by atoms with Crippen LogP contribution in [-0.2, 0) is 6.42 Å². The maximum Gasteiger partial charge on any atom is 0.0431 e. The third-order valence-electron chi connectivity index (χ3n) is 4.05. The lowest BCUT2D eigenvalue weighted by Gasteiger charge is -2.27. The Bertz CT molecular complexity index is 431. The predicted molar refractivity (Wildman–Crippen MR) is 83.3 cm³/mol. The zero-order chi connectivity index (χ0) is 13.9. The van der Waals surface area contributed by atoms with E-state index in [1.54, 1.807) is 0 Å². The van der Waals surface area contributed by atoms with Gasteiger partial charge < -0.3 is 10.4 Å². The lowest BCUT2D eigenvalue weighted by molar-refractivity contribution is 0.231. The van der Waals surface area contributed by atoms with Crippen molar-refractivity contribution in [1.82, 2.24) is 5.32 Å². The van der Waals surface area contributed by atoms with Crippen LogP contribution in [0.2, 0.25) is 0 Å². The van der Waals surface area contributed by atoms with E-state index in [2.05, 4.69) is 53.3 Å². The van der Waals surface area contributed by atoms with Crippen LogP contribution in [-0.4, -0.2) is 18.3 Å². The van der Waals surface area contributed by atoms with Gasteiger partial charge in [-0.3, -0.25) is 0 Å². The fourth-order valence-electron chi connectivity index (χ4n) is 2.87. The molecule has 19 heavy (non-hydrogen) atoms. The molecule has 0 saturated carbocycles. The monoisotopic (exact) mass is 325 g/mol. The van der Waals surface area contributed by atoms with Gasteiger partial charge in [0.25, 0.3) is 0 Å². The molecule has 0 saturated heterocycles. The number of aliphatic hydroxyl groups excluding tert-OH is 1. The summed E-state index contributed by atoms with van der Waals surface area (Å²) >= 11 is 3.64. The lowest BCUT2D eigenvalue weighted by Crippen LogP contribution is -2.31. The molecule has 0 amide bonds.